The molecule has 0 aliphatic heterocycles. The van der Waals surface area contributed by atoms with Crippen molar-refractivity contribution in [2.75, 3.05) is 6.61 Å². The lowest BCUT2D eigenvalue weighted by molar-refractivity contribution is -0.139. The van der Waals surface area contributed by atoms with E-state index in [1.54, 1.807) is 13.8 Å². The second-order valence-corrected chi connectivity index (χ2v) is 3.41. The van der Waals surface area contributed by atoms with E-state index >= 15 is 0 Å². The van der Waals surface area contributed by atoms with Crippen LogP contribution in [0.5, 0.6) is 0 Å². The van der Waals surface area contributed by atoms with E-state index in [-0.39, 0.29) is 18.0 Å². The van der Waals surface area contributed by atoms with Gasteiger partial charge in [-0.15, -0.1) is 11.6 Å². The highest BCUT2D eigenvalue weighted by atomic mass is 35.5. The number of hydrogen-bond donors (Lipinski definition) is 1. The molecule has 0 rings (SSSR count). The van der Waals surface area contributed by atoms with E-state index in [2.05, 4.69) is 6.58 Å². The van der Waals surface area contributed by atoms with Crippen LogP contribution >= 0.6 is 11.6 Å². The fourth-order valence-corrected chi connectivity index (χ4v) is 0.500. The van der Waals surface area contributed by atoms with Gasteiger partial charge in [0.1, 0.15) is 6.61 Å². The Bertz CT molecular complexity index is 180. The van der Waals surface area contributed by atoms with Crippen LogP contribution in [0.4, 0.5) is 0 Å². The molecule has 0 heterocycles. The van der Waals surface area contributed by atoms with E-state index in [1.807, 2.05) is 0 Å². The van der Waals surface area contributed by atoms with Gasteiger partial charge in [0.05, 0.1) is 6.04 Å². The molecule has 0 spiro atoms. The maximum atomic E-state index is 10.8. The van der Waals surface area contributed by atoms with Crippen LogP contribution in [0.3, 0.4) is 0 Å². The molecule has 0 aromatic rings. The third kappa shape index (κ3) is 4.36. The minimum atomic E-state index is -0.428. The summed E-state index contributed by atoms with van der Waals surface area (Å²) >= 11 is 5.65. The van der Waals surface area contributed by atoms with E-state index in [9.17, 15) is 4.79 Å². The molecule has 0 aliphatic carbocycles. The van der Waals surface area contributed by atoms with Crippen LogP contribution in [0, 0.1) is 0 Å². The molecular formula is C8H14ClNO2. The van der Waals surface area contributed by atoms with Gasteiger partial charge < -0.3 is 10.5 Å². The van der Waals surface area contributed by atoms with Crippen LogP contribution in [0.1, 0.15) is 13.8 Å². The second kappa shape index (κ2) is 5.17. The minimum absolute atomic E-state index is 0.135. The SMILES string of the molecule is C=C(C)C(=O)OCC(N)C(C)Cl. The van der Waals surface area contributed by atoms with Gasteiger partial charge in [0.15, 0.2) is 0 Å². The maximum Gasteiger partial charge on any atom is 0.333 e. The summed E-state index contributed by atoms with van der Waals surface area (Å²) < 4.78 is 4.78. The minimum Gasteiger partial charge on any atom is -0.461 e. The lowest BCUT2D eigenvalue weighted by atomic mass is 10.2. The lowest BCUT2D eigenvalue weighted by Crippen LogP contribution is -2.34. The third-order valence-corrected chi connectivity index (χ3v) is 1.67. The molecule has 0 amide bonds. The van der Waals surface area contributed by atoms with E-state index in [0.29, 0.717) is 5.57 Å². The van der Waals surface area contributed by atoms with Crippen molar-refractivity contribution in [2.45, 2.75) is 25.3 Å². The average Bonchev–Trinajstić information content (AvgIpc) is 1.98. The molecule has 0 saturated heterocycles. The molecule has 0 aliphatic rings. The number of ether oxygens (including phenoxy) is 1. The zero-order valence-electron chi connectivity index (χ0n) is 7.34. The van der Waals surface area contributed by atoms with E-state index in [4.69, 9.17) is 22.1 Å². The van der Waals surface area contributed by atoms with Gasteiger partial charge >= 0.3 is 5.97 Å². The van der Waals surface area contributed by atoms with Crippen molar-refractivity contribution in [3.63, 3.8) is 0 Å². The van der Waals surface area contributed by atoms with Crippen molar-refractivity contribution in [2.24, 2.45) is 5.73 Å². The normalized spacial score (nSPS) is 15.0. The number of alkyl halides is 1. The number of rotatable bonds is 4. The quantitative estimate of drug-likeness (QED) is 0.411. The summed E-state index contributed by atoms with van der Waals surface area (Å²) in [4.78, 5) is 10.8. The molecule has 0 aromatic carbocycles. The van der Waals surface area contributed by atoms with Gasteiger partial charge in [0.25, 0.3) is 0 Å². The zero-order chi connectivity index (χ0) is 9.72. The molecule has 0 saturated carbocycles. The Morgan fingerprint density at radius 2 is 2.25 bits per heavy atom. The molecule has 2 unspecified atom stereocenters. The highest BCUT2D eigenvalue weighted by Gasteiger charge is 2.12. The fourth-order valence-electron chi connectivity index (χ4n) is 0.428. The molecule has 4 heteroatoms. The number of halogens is 1. The van der Waals surface area contributed by atoms with Crippen LogP contribution in [0.25, 0.3) is 0 Å². The first-order chi connectivity index (χ1) is 5.45. The van der Waals surface area contributed by atoms with Gasteiger partial charge in [0.2, 0.25) is 0 Å². The van der Waals surface area contributed by atoms with Gasteiger partial charge in [-0.25, -0.2) is 4.79 Å². The van der Waals surface area contributed by atoms with Crippen LogP contribution in [0.2, 0.25) is 0 Å². The Labute approximate surface area is 77.5 Å². The number of carbonyl (C=O) groups is 1. The Morgan fingerprint density at radius 1 is 1.75 bits per heavy atom. The molecule has 0 aromatic heterocycles. The number of nitrogens with two attached hydrogens (primary N) is 1. The van der Waals surface area contributed by atoms with Gasteiger partial charge in [-0.1, -0.05) is 6.58 Å². The smallest absolute Gasteiger partial charge is 0.333 e. The highest BCUT2D eigenvalue weighted by molar-refractivity contribution is 6.20. The first-order valence-corrected chi connectivity index (χ1v) is 4.11. The topological polar surface area (TPSA) is 52.3 Å². The molecule has 2 N–H and O–H groups in total. The summed E-state index contributed by atoms with van der Waals surface area (Å²) in [6.07, 6.45) is 0. The molecule has 0 fully saturated rings. The Balaban J connectivity index is 3.69. The average molecular weight is 192 g/mol. The van der Waals surface area contributed by atoms with Crippen LogP contribution in [-0.2, 0) is 9.53 Å². The molecule has 0 radical (unpaired) electrons. The van der Waals surface area contributed by atoms with E-state index in [1.165, 1.54) is 0 Å². The zero-order valence-corrected chi connectivity index (χ0v) is 8.10. The Morgan fingerprint density at radius 3 is 2.58 bits per heavy atom. The molecule has 70 valence electrons. The van der Waals surface area contributed by atoms with Crippen molar-refractivity contribution < 1.29 is 9.53 Å². The maximum absolute atomic E-state index is 10.8. The predicted octanol–water partition coefficient (Wildman–Crippen LogP) is 1.06. The van der Waals surface area contributed by atoms with Crippen molar-refractivity contribution in [3.8, 4) is 0 Å². The molecule has 3 nitrogen and oxygen atoms in total. The van der Waals surface area contributed by atoms with Crippen LogP contribution in [0.15, 0.2) is 12.2 Å². The fraction of sp³-hybridized carbons (Fsp3) is 0.625. The molecule has 2 atom stereocenters. The van der Waals surface area contributed by atoms with Crippen LogP contribution < -0.4 is 5.73 Å². The third-order valence-electron chi connectivity index (χ3n) is 1.35. The standard InChI is InChI=1S/C8H14ClNO2/c1-5(2)8(11)12-4-7(10)6(3)9/h6-7H,1,4,10H2,2-3H3. The summed E-state index contributed by atoms with van der Waals surface area (Å²) in [5.74, 6) is -0.428. The van der Waals surface area contributed by atoms with E-state index < -0.39 is 5.97 Å². The first kappa shape index (κ1) is 11.5. The highest BCUT2D eigenvalue weighted by Crippen LogP contribution is 2.00. The Hall–Kier alpha value is -0.540. The van der Waals surface area contributed by atoms with E-state index in [0.717, 1.165) is 0 Å². The Kier molecular flexibility index (Phi) is 4.93. The van der Waals surface area contributed by atoms with Gasteiger partial charge in [-0.05, 0) is 13.8 Å². The molecular weight excluding hydrogens is 178 g/mol. The number of carbonyl (C=O) groups excluding carboxylic acids is 1. The van der Waals surface area contributed by atoms with Crippen molar-refractivity contribution in [1.29, 1.82) is 0 Å². The number of hydrogen-bond acceptors (Lipinski definition) is 3. The van der Waals surface area contributed by atoms with Crippen molar-refractivity contribution in [3.05, 3.63) is 12.2 Å². The monoisotopic (exact) mass is 191 g/mol. The van der Waals surface area contributed by atoms with Gasteiger partial charge in [0, 0.05) is 11.0 Å². The summed E-state index contributed by atoms with van der Waals surface area (Å²) in [6.45, 7) is 6.90. The molecule has 12 heavy (non-hydrogen) atoms. The van der Waals surface area contributed by atoms with Gasteiger partial charge in [-0.2, -0.15) is 0 Å². The lowest BCUT2D eigenvalue weighted by Gasteiger charge is -2.13. The summed E-state index contributed by atoms with van der Waals surface area (Å²) in [6, 6.07) is -0.324. The van der Waals surface area contributed by atoms with Crippen LogP contribution in [-0.4, -0.2) is 24.0 Å². The summed E-state index contributed by atoms with van der Waals surface area (Å²) in [5.41, 5.74) is 5.89. The predicted molar refractivity (Wildman–Crippen MR) is 49.1 cm³/mol. The summed E-state index contributed by atoms with van der Waals surface area (Å²) in [5, 5.41) is -0.206. The van der Waals surface area contributed by atoms with Crippen molar-refractivity contribution in [1.82, 2.24) is 0 Å². The molecule has 0 bridgehead atoms. The largest absolute Gasteiger partial charge is 0.461 e. The van der Waals surface area contributed by atoms with Crippen molar-refractivity contribution >= 4 is 17.6 Å². The number of esters is 1. The van der Waals surface area contributed by atoms with Gasteiger partial charge in [-0.3, -0.25) is 0 Å². The summed E-state index contributed by atoms with van der Waals surface area (Å²) in [7, 11) is 0. The second-order valence-electron chi connectivity index (χ2n) is 2.72. The first-order valence-electron chi connectivity index (χ1n) is 3.67.